The van der Waals surface area contributed by atoms with Crippen molar-refractivity contribution in [2.75, 3.05) is 0 Å². The number of phenolic OH excluding ortho intramolecular Hbond substituents is 1. The van der Waals surface area contributed by atoms with E-state index in [1.54, 1.807) is 6.07 Å². The standard InChI is InChI=1S/C16H18BrNO/c1-2-15(12-7-9-14(17)10-8-12)18-11-13-5-3-4-6-16(13)19/h3-10,15,18-19H,2,11H2,1H3. The Hall–Kier alpha value is -1.32. The summed E-state index contributed by atoms with van der Waals surface area (Å²) < 4.78 is 1.09. The fraction of sp³-hybridized carbons (Fsp3) is 0.250. The first-order valence-corrected chi connectivity index (χ1v) is 7.25. The van der Waals surface area contributed by atoms with E-state index in [4.69, 9.17) is 0 Å². The topological polar surface area (TPSA) is 32.3 Å². The van der Waals surface area contributed by atoms with Crippen molar-refractivity contribution in [3.05, 3.63) is 64.1 Å². The smallest absolute Gasteiger partial charge is 0.120 e. The zero-order valence-electron chi connectivity index (χ0n) is 10.9. The van der Waals surface area contributed by atoms with Crippen LogP contribution in [-0.2, 0) is 6.54 Å². The molecule has 3 heteroatoms. The highest BCUT2D eigenvalue weighted by molar-refractivity contribution is 9.10. The van der Waals surface area contributed by atoms with E-state index in [9.17, 15) is 5.11 Å². The number of nitrogens with one attached hydrogen (secondary N) is 1. The van der Waals surface area contributed by atoms with Crippen LogP contribution in [0.3, 0.4) is 0 Å². The van der Waals surface area contributed by atoms with Gasteiger partial charge in [-0.05, 0) is 30.2 Å². The Kier molecular flexibility index (Phi) is 5.00. The van der Waals surface area contributed by atoms with Crippen molar-refractivity contribution in [3.63, 3.8) is 0 Å². The molecule has 1 unspecified atom stereocenters. The lowest BCUT2D eigenvalue weighted by molar-refractivity contribution is 0.455. The highest BCUT2D eigenvalue weighted by Crippen LogP contribution is 2.21. The third kappa shape index (κ3) is 3.82. The molecule has 0 aliphatic heterocycles. The molecular formula is C16H18BrNO. The Bertz CT molecular complexity index is 525. The first-order chi connectivity index (χ1) is 9.20. The molecule has 0 amide bonds. The van der Waals surface area contributed by atoms with Gasteiger partial charge in [0.05, 0.1) is 0 Å². The lowest BCUT2D eigenvalue weighted by Gasteiger charge is -2.18. The normalized spacial score (nSPS) is 12.3. The number of aromatic hydroxyl groups is 1. The molecule has 0 aliphatic carbocycles. The summed E-state index contributed by atoms with van der Waals surface area (Å²) in [6.45, 7) is 2.83. The summed E-state index contributed by atoms with van der Waals surface area (Å²) >= 11 is 3.45. The molecule has 0 spiro atoms. The van der Waals surface area contributed by atoms with Crippen LogP contribution in [0.2, 0.25) is 0 Å². The molecule has 0 radical (unpaired) electrons. The van der Waals surface area contributed by atoms with Gasteiger partial charge in [0.15, 0.2) is 0 Å². The molecule has 19 heavy (non-hydrogen) atoms. The van der Waals surface area contributed by atoms with Crippen molar-refractivity contribution < 1.29 is 5.11 Å². The van der Waals surface area contributed by atoms with Gasteiger partial charge in [-0.1, -0.05) is 53.2 Å². The van der Waals surface area contributed by atoms with Crippen LogP contribution in [0.4, 0.5) is 0 Å². The Morgan fingerprint density at radius 2 is 1.79 bits per heavy atom. The summed E-state index contributed by atoms with van der Waals surface area (Å²) in [4.78, 5) is 0. The fourth-order valence-electron chi connectivity index (χ4n) is 2.09. The molecule has 2 rings (SSSR count). The van der Waals surface area contributed by atoms with Crippen molar-refractivity contribution in [1.82, 2.24) is 5.32 Å². The van der Waals surface area contributed by atoms with Crippen molar-refractivity contribution in [2.45, 2.75) is 25.9 Å². The number of para-hydroxylation sites is 1. The highest BCUT2D eigenvalue weighted by Gasteiger charge is 2.09. The van der Waals surface area contributed by atoms with Crippen molar-refractivity contribution in [1.29, 1.82) is 0 Å². The monoisotopic (exact) mass is 319 g/mol. The second-order valence-electron chi connectivity index (χ2n) is 4.52. The van der Waals surface area contributed by atoms with Crippen molar-refractivity contribution >= 4 is 15.9 Å². The van der Waals surface area contributed by atoms with E-state index in [1.165, 1.54) is 5.56 Å². The summed E-state index contributed by atoms with van der Waals surface area (Å²) in [6.07, 6.45) is 1.01. The molecular weight excluding hydrogens is 302 g/mol. The first kappa shape index (κ1) is 14.1. The molecule has 0 aromatic heterocycles. The third-order valence-corrected chi connectivity index (χ3v) is 3.74. The van der Waals surface area contributed by atoms with Gasteiger partial charge in [0, 0.05) is 22.6 Å². The van der Waals surface area contributed by atoms with E-state index < -0.39 is 0 Å². The molecule has 2 aromatic rings. The molecule has 0 saturated carbocycles. The van der Waals surface area contributed by atoms with E-state index in [-0.39, 0.29) is 0 Å². The van der Waals surface area contributed by atoms with Gasteiger partial charge in [-0.3, -0.25) is 0 Å². The van der Waals surface area contributed by atoms with E-state index in [2.05, 4.69) is 52.4 Å². The second kappa shape index (κ2) is 6.73. The van der Waals surface area contributed by atoms with Crippen LogP contribution in [0.25, 0.3) is 0 Å². The fourth-order valence-corrected chi connectivity index (χ4v) is 2.35. The maximum Gasteiger partial charge on any atom is 0.120 e. The zero-order chi connectivity index (χ0) is 13.7. The van der Waals surface area contributed by atoms with Crippen LogP contribution >= 0.6 is 15.9 Å². The molecule has 100 valence electrons. The minimum atomic E-state index is 0.299. The predicted octanol–water partition coefficient (Wildman–Crippen LogP) is 4.40. The largest absolute Gasteiger partial charge is 0.508 e. The quantitative estimate of drug-likeness (QED) is 0.856. The minimum absolute atomic E-state index is 0.299. The van der Waals surface area contributed by atoms with Crippen LogP contribution in [0.1, 0.15) is 30.5 Å². The van der Waals surface area contributed by atoms with Gasteiger partial charge in [0.2, 0.25) is 0 Å². The van der Waals surface area contributed by atoms with Gasteiger partial charge >= 0.3 is 0 Å². The number of halogens is 1. The molecule has 2 nitrogen and oxygen atoms in total. The maximum absolute atomic E-state index is 9.76. The zero-order valence-corrected chi connectivity index (χ0v) is 12.5. The van der Waals surface area contributed by atoms with Crippen LogP contribution < -0.4 is 5.32 Å². The second-order valence-corrected chi connectivity index (χ2v) is 5.44. The van der Waals surface area contributed by atoms with Crippen LogP contribution in [0.5, 0.6) is 5.75 Å². The summed E-state index contributed by atoms with van der Waals surface area (Å²) in [5, 5.41) is 13.2. The van der Waals surface area contributed by atoms with E-state index in [1.807, 2.05) is 18.2 Å². The molecule has 2 aromatic carbocycles. The minimum Gasteiger partial charge on any atom is -0.508 e. The molecule has 2 N–H and O–H groups in total. The molecule has 0 saturated heterocycles. The number of phenols is 1. The number of hydrogen-bond acceptors (Lipinski definition) is 2. The van der Waals surface area contributed by atoms with E-state index in [0.717, 1.165) is 16.5 Å². The van der Waals surface area contributed by atoms with Gasteiger partial charge in [-0.15, -0.1) is 0 Å². The average molecular weight is 320 g/mol. The maximum atomic E-state index is 9.76. The van der Waals surface area contributed by atoms with Crippen LogP contribution in [-0.4, -0.2) is 5.11 Å². The first-order valence-electron chi connectivity index (χ1n) is 6.46. The van der Waals surface area contributed by atoms with E-state index in [0.29, 0.717) is 18.3 Å². The number of hydrogen-bond donors (Lipinski definition) is 2. The van der Waals surface area contributed by atoms with Crippen molar-refractivity contribution in [3.8, 4) is 5.75 Å². The predicted molar refractivity (Wildman–Crippen MR) is 82.1 cm³/mol. The summed E-state index contributed by atoms with van der Waals surface area (Å²) in [6, 6.07) is 16.1. The third-order valence-electron chi connectivity index (χ3n) is 3.21. The molecule has 0 aliphatic rings. The lowest BCUT2D eigenvalue weighted by atomic mass is 10.0. The van der Waals surface area contributed by atoms with Gasteiger partial charge in [-0.25, -0.2) is 0 Å². The van der Waals surface area contributed by atoms with Crippen LogP contribution in [0, 0.1) is 0 Å². The highest BCUT2D eigenvalue weighted by atomic mass is 79.9. The molecule has 0 fully saturated rings. The molecule has 1 atom stereocenters. The number of rotatable bonds is 5. The Labute approximate surface area is 122 Å². The average Bonchev–Trinajstić information content (AvgIpc) is 2.43. The van der Waals surface area contributed by atoms with Crippen molar-refractivity contribution in [2.24, 2.45) is 0 Å². The summed E-state index contributed by atoms with van der Waals surface area (Å²) in [5.41, 5.74) is 2.19. The Morgan fingerprint density at radius 3 is 2.42 bits per heavy atom. The molecule has 0 heterocycles. The number of benzene rings is 2. The SMILES string of the molecule is CCC(NCc1ccccc1O)c1ccc(Br)cc1. The van der Waals surface area contributed by atoms with Crippen LogP contribution in [0.15, 0.2) is 53.0 Å². The van der Waals surface area contributed by atoms with Gasteiger partial charge in [-0.2, -0.15) is 0 Å². The van der Waals surface area contributed by atoms with Gasteiger partial charge < -0.3 is 10.4 Å². The van der Waals surface area contributed by atoms with Gasteiger partial charge in [0.25, 0.3) is 0 Å². The summed E-state index contributed by atoms with van der Waals surface area (Å²) in [7, 11) is 0. The Balaban J connectivity index is 2.04. The van der Waals surface area contributed by atoms with Gasteiger partial charge in [0.1, 0.15) is 5.75 Å². The summed E-state index contributed by atoms with van der Waals surface area (Å²) in [5.74, 6) is 0.348. The van der Waals surface area contributed by atoms with E-state index >= 15 is 0 Å². The lowest BCUT2D eigenvalue weighted by Crippen LogP contribution is -2.20. The molecule has 0 bridgehead atoms. The Morgan fingerprint density at radius 1 is 1.11 bits per heavy atom.